The third-order valence-corrected chi connectivity index (χ3v) is 4.73. The van der Waals surface area contributed by atoms with Crippen molar-refractivity contribution in [1.29, 1.82) is 0 Å². The molecule has 1 aromatic carbocycles. The lowest BCUT2D eigenvalue weighted by Crippen LogP contribution is -2.37. The highest BCUT2D eigenvalue weighted by Crippen LogP contribution is 2.36. The maximum absolute atomic E-state index is 13.4. The topological polar surface area (TPSA) is 71.0 Å². The summed E-state index contributed by atoms with van der Waals surface area (Å²) in [4.78, 5) is 17.1. The van der Waals surface area contributed by atoms with Gasteiger partial charge >= 0.3 is 6.18 Å². The van der Waals surface area contributed by atoms with Crippen LogP contribution < -0.4 is 16.1 Å². The molecule has 30 heavy (non-hydrogen) atoms. The highest BCUT2D eigenvalue weighted by Gasteiger charge is 2.35. The molecule has 4 rings (SSSR count). The molecule has 0 fully saturated rings. The predicted octanol–water partition coefficient (Wildman–Crippen LogP) is 3.55. The van der Waals surface area contributed by atoms with Crippen LogP contribution >= 0.6 is 0 Å². The molecule has 2 aliphatic heterocycles. The Kier molecular flexibility index (Phi) is 4.84. The van der Waals surface area contributed by atoms with E-state index in [1.807, 2.05) is 0 Å². The van der Waals surface area contributed by atoms with E-state index in [1.54, 1.807) is 19.1 Å². The van der Waals surface area contributed by atoms with Gasteiger partial charge in [0.2, 0.25) is 0 Å². The second kappa shape index (κ2) is 7.36. The quantitative estimate of drug-likeness (QED) is 0.666. The normalized spacial score (nSPS) is 18.0. The molecule has 0 spiro atoms. The molecule has 2 aromatic rings. The summed E-state index contributed by atoms with van der Waals surface area (Å²) in [6.07, 6.45) is 1.23. The Labute approximate surface area is 169 Å². The smallest absolute Gasteiger partial charge is 0.365 e. The number of benzene rings is 1. The number of nitrogens with zero attached hydrogens (tertiary/aromatic N) is 2. The number of amides is 1. The van der Waals surface area contributed by atoms with Gasteiger partial charge in [0.15, 0.2) is 11.5 Å². The number of fused-ring (bicyclic) bond motifs is 1. The number of aromatic nitrogens is 2. The van der Waals surface area contributed by atoms with Gasteiger partial charge in [0, 0.05) is 0 Å². The Hall–Kier alpha value is -3.56. The molecular formula is C20H17F4N5O. The Bertz CT molecular complexity index is 1100. The highest BCUT2D eigenvalue weighted by atomic mass is 19.4. The molecule has 0 bridgehead atoms. The predicted molar refractivity (Wildman–Crippen MR) is 102 cm³/mol. The van der Waals surface area contributed by atoms with Crippen molar-refractivity contribution in [3.8, 4) is 0 Å². The van der Waals surface area contributed by atoms with E-state index in [9.17, 15) is 22.4 Å². The first kappa shape index (κ1) is 19.7. The van der Waals surface area contributed by atoms with Gasteiger partial charge < -0.3 is 16.1 Å². The van der Waals surface area contributed by atoms with Gasteiger partial charge in [-0.15, -0.1) is 0 Å². The molecule has 1 aromatic heterocycles. The lowest BCUT2D eigenvalue weighted by atomic mass is 9.99. The van der Waals surface area contributed by atoms with Crippen LogP contribution in [0.15, 0.2) is 54.1 Å². The van der Waals surface area contributed by atoms with Crippen LogP contribution in [0.3, 0.4) is 0 Å². The van der Waals surface area contributed by atoms with Gasteiger partial charge in [-0.25, -0.2) is 14.1 Å². The van der Waals surface area contributed by atoms with E-state index in [-0.39, 0.29) is 23.6 Å². The molecule has 1 unspecified atom stereocenters. The number of hydrogen-bond donors (Lipinski definition) is 3. The number of dihydropyridines is 1. The van der Waals surface area contributed by atoms with Crippen molar-refractivity contribution in [3.63, 3.8) is 0 Å². The molecule has 0 aliphatic carbocycles. The summed E-state index contributed by atoms with van der Waals surface area (Å²) in [7, 11) is 0. The van der Waals surface area contributed by atoms with Crippen molar-refractivity contribution in [2.75, 3.05) is 12.0 Å². The van der Waals surface area contributed by atoms with Crippen molar-refractivity contribution in [2.24, 2.45) is 0 Å². The molecule has 3 N–H and O–H groups in total. The largest absolute Gasteiger partial charge is 0.416 e. The Balaban J connectivity index is 1.64. The van der Waals surface area contributed by atoms with E-state index < -0.39 is 23.7 Å². The van der Waals surface area contributed by atoms with Gasteiger partial charge in [-0.3, -0.25) is 4.79 Å². The summed E-state index contributed by atoms with van der Waals surface area (Å²) in [6.45, 7) is 1.57. The number of imidazole rings is 1. The first-order valence-corrected chi connectivity index (χ1v) is 9.06. The summed E-state index contributed by atoms with van der Waals surface area (Å²) in [5, 5.41) is 5.33. The Morgan fingerprint density at radius 1 is 1.27 bits per heavy atom. The van der Waals surface area contributed by atoms with Crippen LogP contribution in [-0.4, -0.2) is 22.1 Å². The zero-order valence-corrected chi connectivity index (χ0v) is 15.7. The second-order valence-corrected chi connectivity index (χ2v) is 6.79. The van der Waals surface area contributed by atoms with E-state index in [1.165, 1.54) is 35.0 Å². The first-order valence-electron chi connectivity index (χ1n) is 9.06. The SMILES string of the molecule is Cc1nc2n(c1C(=O)NC1=CC=C(F)CN1)NC(c1ccccc1C(F)(F)F)C=C2. The third kappa shape index (κ3) is 3.68. The van der Waals surface area contributed by atoms with Crippen LogP contribution in [0.1, 0.15) is 39.2 Å². The van der Waals surface area contributed by atoms with Gasteiger partial charge in [0.25, 0.3) is 5.91 Å². The third-order valence-electron chi connectivity index (χ3n) is 4.73. The number of halogens is 4. The number of aryl methyl sites for hydroxylation is 1. The van der Waals surface area contributed by atoms with Crippen molar-refractivity contribution >= 4 is 12.0 Å². The van der Waals surface area contributed by atoms with Crippen LogP contribution in [0.25, 0.3) is 6.08 Å². The molecule has 10 heteroatoms. The minimum Gasteiger partial charge on any atom is -0.365 e. The number of rotatable bonds is 3. The van der Waals surface area contributed by atoms with E-state index in [4.69, 9.17) is 0 Å². The molecule has 3 heterocycles. The zero-order valence-electron chi connectivity index (χ0n) is 15.7. The Morgan fingerprint density at radius 3 is 2.73 bits per heavy atom. The monoisotopic (exact) mass is 419 g/mol. The number of carbonyl (C=O) groups is 1. The van der Waals surface area contributed by atoms with Crippen LogP contribution in [0.4, 0.5) is 17.6 Å². The van der Waals surface area contributed by atoms with Crippen LogP contribution in [0, 0.1) is 6.92 Å². The average Bonchev–Trinajstić information content (AvgIpc) is 3.04. The minimum absolute atomic E-state index is 0.0295. The molecule has 0 saturated carbocycles. The molecule has 6 nitrogen and oxygen atoms in total. The summed E-state index contributed by atoms with van der Waals surface area (Å²) in [6, 6.07) is 4.43. The highest BCUT2D eigenvalue weighted by molar-refractivity contribution is 5.95. The van der Waals surface area contributed by atoms with Crippen molar-refractivity contribution in [3.05, 3.63) is 82.5 Å². The lowest BCUT2D eigenvalue weighted by Gasteiger charge is -2.26. The lowest BCUT2D eigenvalue weighted by molar-refractivity contribution is -0.138. The minimum atomic E-state index is -4.51. The molecule has 2 aliphatic rings. The van der Waals surface area contributed by atoms with Gasteiger partial charge in [-0.2, -0.15) is 13.2 Å². The van der Waals surface area contributed by atoms with E-state index in [2.05, 4.69) is 21.0 Å². The molecule has 1 amide bonds. The van der Waals surface area contributed by atoms with Crippen molar-refractivity contribution in [2.45, 2.75) is 19.1 Å². The maximum atomic E-state index is 13.4. The summed E-state index contributed by atoms with van der Waals surface area (Å²) < 4.78 is 54.7. The standard InChI is InChI=1S/C20H17F4N5O/c1-11-18(19(30)27-16-8-6-12(21)10-25-16)29-17(26-11)9-7-15(28-29)13-4-2-3-5-14(13)20(22,23)24/h2-9,15,25,28H,10H2,1H3,(H,27,30). The molecule has 1 atom stereocenters. The zero-order chi connectivity index (χ0) is 21.5. The van der Waals surface area contributed by atoms with Gasteiger partial charge in [0.05, 0.1) is 23.8 Å². The molecule has 0 saturated heterocycles. The Morgan fingerprint density at radius 2 is 2.03 bits per heavy atom. The van der Waals surface area contributed by atoms with E-state index >= 15 is 0 Å². The van der Waals surface area contributed by atoms with Crippen LogP contribution in [0.2, 0.25) is 0 Å². The van der Waals surface area contributed by atoms with Crippen molar-refractivity contribution in [1.82, 2.24) is 20.3 Å². The summed E-state index contributed by atoms with van der Waals surface area (Å²) in [5.74, 6) is -0.216. The number of nitrogens with one attached hydrogen (secondary N) is 3. The van der Waals surface area contributed by atoms with Crippen LogP contribution in [0.5, 0.6) is 0 Å². The van der Waals surface area contributed by atoms with E-state index in [0.717, 1.165) is 6.07 Å². The van der Waals surface area contributed by atoms with Gasteiger partial charge in [0.1, 0.15) is 11.6 Å². The molecular weight excluding hydrogens is 402 g/mol. The van der Waals surface area contributed by atoms with E-state index in [0.29, 0.717) is 17.3 Å². The number of carbonyl (C=O) groups excluding carboxylic acids is 1. The summed E-state index contributed by atoms with van der Waals surface area (Å²) in [5.41, 5.74) is 2.74. The number of allylic oxidation sites excluding steroid dienone is 2. The summed E-state index contributed by atoms with van der Waals surface area (Å²) >= 11 is 0. The average molecular weight is 419 g/mol. The van der Waals surface area contributed by atoms with Crippen molar-refractivity contribution < 1.29 is 22.4 Å². The number of alkyl halides is 3. The fourth-order valence-corrected chi connectivity index (χ4v) is 3.36. The molecule has 0 radical (unpaired) electrons. The first-order chi connectivity index (χ1) is 14.2. The number of hydrogen-bond acceptors (Lipinski definition) is 4. The fourth-order valence-electron chi connectivity index (χ4n) is 3.36. The fraction of sp³-hybridized carbons (Fsp3) is 0.200. The van der Waals surface area contributed by atoms with Crippen LogP contribution in [-0.2, 0) is 6.18 Å². The maximum Gasteiger partial charge on any atom is 0.416 e. The van der Waals surface area contributed by atoms with Gasteiger partial charge in [-0.05, 0) is 36.8 Å². The second-order valence-electron chi connectivity index (χ2n) is 6.79. The molecule has 156 valence electrons. The van der Waals surface area contributed by atoms with Gasteiger partial charge in [-0.1, -0.05) is 24.3 Å².